The number of thioether (sulfide) groups is 1. The molecule has 0 spiro atoms. The molecule has 0 aliphatic heterocycles. The van der Waals surface area contributed by atoms with E-state index in [9.17, 15) is 13.6 Å². The molecule has 1 N–H and O–H groups in total. The number of amides is 1. The Hall–Kier alpha value is -2.28. The molecular weight excluding hydrogens is 360 g/mol. The first-order valence-electron chi connectivity index (χ1n) is 8.06. The number of carbonyl (C=O) groups is 1. The summed E-state index contributed by atoms with van der Waals surface area (Å²) >= 11 is 1.46. The number of benzene rings is 2. The maximum absolute atomic E-state index is 12.1. The van der Waals surface area contributed by atoms with Crippen LogP contribution < -0.4 is 14.8 Å². The van der Waals surface area contributed by atoms with Gasteiger partial charge in [-0.25, -0.2) is 0 Å². The third-order valence-corrected chi connectivity index (χ3v) is 4.21. The monoisotopic (exact) mass is 381 g/mol. The molecule has 0 aliphatic carbocycles. The number of nitrogens with one attached hydrogen (secondary N) is 1. The maximum Gasteiger partial charge on any atom is 0.387 e. The molecule has 2 rings (SSSR count). The van der Waals surface area contributed by atoms with Gasteiger partial charge in [-0.3, -0.25) is 4.79 Å². The minimum absolute atomic E-state index is 0.0518. The molecule has 0 bridgehead atoms. The van der Waals surface area contributed by atoms with E-state index in [-0.39, 0.29) is 17.4 Å². The van der Waals surface area contributed by atoms with E-state index in [2.05, 4.69) is 16.1 Å². The van der Waals surface area contributed by atoms with E-state index in [0.717, 1.165) is 16.9 Å². The van der Waals surface area contributed by atoms with Crippen LogP contribution in [0.15, 0.2) is 42.5 Å². The van der Waals surface area contributed by atoms with Crippen LogP contribution in [0.25, 0.3) is 0 Å². The van der Waals surface area contributed by atoms with E-state index in [1.807, 2.05) is 26.0 Å². The van der Waals surface area contributed by atoms with Gasteiger partial charge < -0.3 is 14.8 Å². The van der Waals surface area contributed by atoms with Crippen molar-refractivity contribution >= 4 is 23.4 Å². The highest BCUT2D eigenvalue weighted by molar-refractivity contribution is 7.99. The summed E-state index contributed by atoms with van der Waals surface area (Å²) in [6.07, 6.45) is 0. The number of aryl methyl sites for hydroxylation is 2. The van der Waals surface area contributed by atoms with Gasteiger partial charge in [-0.2, -0.15) is 8.78 Å². The number of hydrogen-bond donors (Lipinski definition) is 1. The summed E-state index contributed by atoms with van der Waals surface area (Å²) in [7, 11) is 0. The second-order valence-corrected chi connectivity index (χ2v) is 6.78. The summed E-state index contributed by atoms with van der Waals surface area (Å²) in [5, 5.41) is 2.70. The van der Waals surface area contributed by atoms with Crippen molar-refractivity contribution in [1.29, 1.82) is 0 Å². The summed E-state index contributed by atoms with van der Waals surface area (Å²) in [6.45, 7) is 1.69. The number of rotatable bonds is 9. The SMILES string of the molecule is Cc1cc(C)cc(OCCSCC(=O)Nc2ccc(OC(F)F)cc2)c1. The molecule has 0 radical (unpaired) electrons. The van der Waals surface area contributed by atoms with Crippen LogP contribution in [0.3, 0.4) is 0 Å². The number of anilines is 1. The number of hydrogen-bond acceptors (Lipinski definition) is 4. The Morgan fingerprint density at radius 3 is 2.35 bits per heavy atom. The Labute approximate surface area is 155 Å². The number of ether oxygens (including phenoxy) is 2. The van der Waals surface area contributed by atoms with Gasteiger partial charge in [-0.15, -0.1) is 11.8 Å². The molecule has 0 saturated carbocycles. The van der Waals surface area contributed by atoms with Crippen molar-refractivity contribution in [2.75, 3.05) is 23.4 Å². The van der Waals surface area contributed by atoms with Crippen LogP contribution in [-0.4, -0.2) is 30.6 Å². The van der Waals surface area contributed by atoms with Crippen LogP contribution in [0.4, 0.5) is 14.5 Å². The highest BCUT2D eigenvalue weighted by Gasteiger charge is 2.06. The van der Waals surface area contributed by atoms with Gasteiger partial charge in [0.1, 0.15) is 11.5 Å². The minimum atomic E-state index is -2.86. The lowest BCUT2D eigenvalue weighted by molar-refractivity contribution is -0.113. The molecule has 0 fully saturated rings. The highest BCUT2D eigenvalue weighted by atomic mass is 32.2. The Balaban J connectivity index is 1.65. The Kier molecular flexibility index (Phi) is 7.72. The van der Waals surface area contributed by atoms with Crippen molar-refractivity contribution in [2.45, 2.75) is 20.5 Å². The van der Waals surface area contributed by atoms with Crippen LogP contribution in [-0.2, 0) is 4.79 Å². The van der Waals surface area contributed by atoms with E-state index < -0.39 is 6.61 Å². The fourth-order valence-corrected chi connectivity index (χ4v) is 2.92. The van der Waals surface area contributed by atoms with Crippen molar-refractivity contribution in [2.24, 2.45) is 0 Å². The number of alkyl halides is 2. The molecule has 7 heteroatoms. The first kappa shape index (κ1) is 20.0. The van der Waals surface area contributed by atoms with Crippen molar-refractivity contribution in [3.63, 3.8) is 0 Å². The Bertz CT molecular complexity index is 703. The molecule has 26 heavy (non-hydrogen) atoms. The van der Waals surface area contributed by atoms with Gasteiger partial charge in [0.15, 0.2) is 0 Å². The lowest BCUT2D eigenvalue weighted by Crippen LogP contribution is -2.15. The summed E-state index contributed by atoms with van der Waals surface area (Å²) < 4.78 is 34.1. The molecule has 1 amide bonds. The molecule has 0 aromatic heterocycles. The molecule has 0 saturated heterocycles. The first-order valence-corrected chi connectivity index (χ1v) is 9.21. The third-order valence-electron chi connectivity index (χ3n) is 3.29. The van der Waals surface area contributed by atoms with Crippen molar-refractivity contribution in [1.82, 2.24) is 0 Å². The molecular formula is C19H21F2NO3S. The van der Waals surface area contributed by atoms with Gasteiger partial charge in [0.25, 0.3) is 0 Å². The predicted molar refractivity (Wildman–Crippen MR) is 100 cm³/mol. The Morgan fingerprint density at radius 1 is 1.08 bits per heavy atom. The van der Waals surface area contributed by atoms with Gasteiger partial charge in [-0.05, 0) is 61.4 Å². The van der Waals surface area contributed by atoms with Crippen LogP contribution in [0.5, 0.6) is 11.5 Å². The second-order valence-electron chi connectivity index (χ2n) is 5.68. The smallest absolute Gasteiger partial charge is 0.387 e. The van der Waals surface area contributed by atoms with E-state index >= 15 is 0 Å². The van der Waals surface area contributed by atoms with Crippen LogP contribution in [0.1, 0.15) is 11.1 Å². The van der Waals surface area contributed by atoms with Crippen molar-refractivity contribution in [3.8, 4) is 11.5 Å². The van der Waals surface area contributed by atoms with Crippen molar-refractivity contribution < 1.29 is 23.0 Å². The second kappa shape index (κ2) is 10.0. The standard InChI is InChI=1S/C19H21F2NO3S/c1-13-9-14(2)11-17(10-13)24-7-8-26-12-18(23)22-15-3-5-16(6-4-15)25-19(20)21/h3-6,9-11,19H,7-8,12H2,1-2H3,(H,22,23). The largest absolute Gasteiger partial charge is 0.493 e. The lowest BCUT2D eigenvalue weighted by atomic mass is 10.1. The number of carbonyl (C=O) groups excluding carboxylic acids is 1. The molecule has 0 atom stereocenters. The summed E-state index contributed by atoms with van der Waals surface area (Å²) in [6, 6.07) is 11.8. The van der Waals surface area contributed by atoms with Crippen molar-refractivity contribution in [3.05, 3.63) is 53.6 Å². The summed E-state index contributed by atoms with van der Waals surface area (Å²) in [4.78, 5) is 11.9. The average molecular weight is 381 g/mol. The van der Waals surface area contributed by atoms with Crippen LogP contribution in [0.2, 0.25) is 0 Å². The fourth-order valence-electron chi connectivity index (χ4n) is 2.32. The maximum atomic E-state index is 12.1. The predicted octanol–water partition coefficient (Wildman–Crippen LogP) is 4.66. The van der Waals surface area contributed by atoms with Crippen LogP contribution in [0, 0.1) is 13.8 Å². The highest BCUT2D eigenvalue weighted by Crippen LogP contribution is 2.18. The molecule has 0 unspecified atom stereocenters. The zero-order valence-electron chi connectivity index (χ0n) is 14.6. The topological polar surface area (TPSA) is 47.6 Å². The Morgan fingerprint density at radius 2 is 1.73 bits per heavy atom. The quantitative estimate of drug-likeness (QED) is 0.642. The molecule has 140 valence electrons. The van der Waals surface area contributed by atoms with Gasteiger partial charge in [0.05, 0.1) is 12.4 Å². The molecule has 4 nitrogen and oxygen atoms in total. The normalized spacial score (nSPS) is 10.7. The first-order chi connectivity index (χ1) is 12.4. The molecule has 0 aliphatic rings. The van der Waals surface area contributed by atoms with E-state index in [1.165, 1.54) is 36.0 Å². The molecule has 2 aromatic carbocycles. The zero-order chi connectivity index (χ0) is 18.9. The number of halogens is 2. The lowest BCUT2D eigenvalue weighted by Gasteiger charge is -2.09. The van der Waals surface area contributed by atoms with E-state index in [4.69, 9.17) is 4.74 Å². The average Bonchev–Trinajstić information content (AvgIpc) is 2.55. The van der Waals surface area contributed by atoms with E-state index in [0.29, 0.717) is 18.0 Å². The van der Waals surface area contributed by atoms with E-state index in [1.54, 1.807) is 0 Å². The summed E-state index contributed by atoms with van der Waals surface area (Å²) in [5.74, 6) is 1.69. The molecule has 2 aromatic rings. The summed E-state index contributed by atoms with van der Waals surface area (Å²) in [5.41, 5.74) is 2.83. The molecule has 0 heterocycles. The zero-order valence-corrected chi connectivity index (χ0v) is 15.4. The van der Waals surface area contributed by atoms with Gasteiger partial charge >= 0.3 is 6.61 Å². The fraction of sp³-hybridized carbons (Fsp3) is 0.316. The minimum Gasteiger partial charge on any atom is -0.493 e. The third kappa shape index (κ3) is 7.31. The van der Waals surface area contributed by atoms with Gasteiger partial charge in [0, 0.05) is 11.4 Å². The van der Waals surface area contributed by atoms with Gasteiger partial charge in [0.2, 0.25) is 5.91 Å². The van der Waals surface area contributed by atoms with Gasteiger partial charge in [-0.1, -0.05) is 6.07 Å². The van der Waals surface area contributed by atoms with Crippen LogP contribution >= 0.6 is 11.8 Å².